The number of hydrazone groups is 1. The minimum absolute atomic E-state index is 0.224. The van der Waals surface area contributed by atoms with Crippen LogP contribution in [-0.2, 0) is 0 Å². The van der Waals surface area contributed by atoms with Crippen LogP contribution in [0, 0.1) is 13.8 Å². The first-order chi connectivity index (χ1) is 12.1. The molecule has 0 aliphatic rings. The molecule has 25 heavy (non-hydrogen) atoms. The molecule has 5 heteroatoms. The SMILES string of the molecule is Cc1cc(/C=N/NC(=O)c2ccccc2)c(C)n1-c1cccc(Br)c1. The van der Waals surface area contributed by atoms with Crippen molar-refractivity contribution >= 4 is 28.1 Å². The second-order valence-corrected chi connectivity index (χ2v) is 6.62. The highest BCUT2D eigenvalue weighted by atomic mass is 79.9. The number of carbonyl (C=O) groups excluding carboxylic acids is 1. The molecule has 0 aliphatic heterocycles. The summed E-state index contributed by atoms with van der Waals surface area (Å²) in [4.78, 5) is 12.0. The van der Waals surface area contributed by atoms with Crippen LogP contribution in [0.25, 0.3) is 5.69 Å². The fourth-order valence-corrected chi connectivity index (χ4v) is 3.13. The van der Waals surface area contributed by atoms with Crippen LogP contribution in [0.2, 0.25) is 0 Å². The number of benzene rings is 2. The third-order valence-corrected chi connectivity index (χ3v) is 4.44. The van der Waals surface area contributed by atoms with Gasteiger partial charge in [-0.2, -0.15) is 5.10 Å². The Morgan fingerprint density at radius 1 is 1.08 bits per heavy atom. The summed E-state index contributed by atoms with van der Waals surface area (Å²) in [6.07, 6.45) is 1.68. The summed E-state index contributed by atoms with van der Waals surface area (Å²) < 4.78 is 3.19. The van der Waals surface area contributed by atoms with Gasteiger partial charge in [-0.05, 0) is 50.2 Å². The normalized spacial score (nSPS) is 11.0. The molecule has 0 unspecified atom stereocenters. The predicted molar refractivity (Wildman–Crippen MR) is 104 cm³/mol. The van der Waals surface area contributed by atoms with Gasteiger partial charge in [0.25, 0.3) is 5.91 Å². The van der Waals surface area contributed by atoms with Crippen molar-refractivity contribution in [2.75, 3.05) is 0 Å². The van der Waals surface area contributed by atoms with Gasteiger partial charge in [0, 0.05) is 32.7 Å². The number of rotatable bonds is 4. The van der Waals surface area contributed by atoms with E-state index in [2.05, 4.69) is 49.2 Å². The smallest absolute Gasteiger partial charge is 0.271 e. The maximum atomic E-state index is 12.0. The lowest BCUT2D eigenvalue weighted by Gasteiger charge is -2.09. The Balaban J connectivity index is 1.80. The van der Waals surface area contributed by atoms with Gasteiger partial charge in [-0.25, -0.2) is 5.43 Å². The van der Waals surface area contributed by atoms with Gasteiger partial charge in [0.1, 0.15) is 0 Å². The van der Waals surface area contributed by atoms with Gasteiger partial charge in [0.05, 0.1) is 6.21 Å². The zero-order chi connectivity index (χ0) is 17.8. The topological polar surface area (TPSA) is 46.4 Å². The van der Waals surface area contributed by atoms with E-state index in [1.165, 1.54) is 0 Å². The molecule has 2 aromatic carbocycles. The average Bonchev–Trinajstić information content (AvgIpc) is 2.89. The maximum Gasteiger partial charge on any atom is 0.271 e. The number of carbonyl (C=O) groups is 1. The molecule has 1 heterocycles. The van der Waals surface area contributed by atoms with Crippen molar-refractivity contribution in [2.45, 2.75) is 13.8 Å². The van der Waals surface area contributed by atoms with E-state index in [0.29, 0.717) is 5.56 Å². The third-order valence-electron chi connectivity index (χ3n) is 3.94. The standard InChI is InChI=1S/C20H18BrN3O/c1-14-11-17(13-22-23-20(25)16-7-4-3-5-8-16)15(2)24(14)19-10-6-9-18(21)12-19/h3-13H,1-2H3,(H,23,25)/b22-13+. The fourth-order valence-electron chi connectivity index (χ4n) is 2.75. The van der Waals surface area contributed by atoms with Crippen LogP contribution in [0.3, 0.4) is 0 Å². The Hall–Kier alpha value is -2.66. The highest BCUT2D eigenvalue weighted by molar-refractivity contribution is 9.10. The summed E-state index contributed by atoms with van der Waals surface area (Å²) in [6, 6.07) is 19.2. The fraction of sp³-hybridized carbons (Fsp3) is 0.100. The van der Waals surface area contributed by atoms with E-state index in [4.69, 9.17) is 0 Å². The maximum absolute atomic E-state index is 12.0. The highest BCUT2D eigenvalue weighted by Crippen LogP contribution is 2.22. The average molecular weight is 396 g/mol. The van der Waals surface area contributed by atoms with E-state index < -0.39 is 0 Å². The monoisotopic (exact) mass is 395 g/mol. The number of hydrogen-bond acceptors (Lipinski definition) is 2. The van der Waals surface area contributed by atoms with Crippen molar-refractivity contribution in [1.82, 2.24) is 9.99 Å². The second-order valence-electron chi connectivity index (χ2n) is 5.71. The second kappa shape index (κ2) is 7.49. The predicted octanol–water partition coefficient (Wildman–Crippen LogP) is 4.62. The Morgan fingerprint density at radius 3 is 2.56 bits per heavy atom. The number of aromatic nitrogens is 1. The van der Waals surface area contributed by atoms with Gasteiger partial charge >= 0.3 is 0 Å². The first kappa shape index (κ1) is 17.2. The Bertz CT molecular complexity index is 929. The number of aryl methyl sites for hydroxylation is 1. The minimum Gasteiger partial charge on any atom is -0.318 e. The van der Waals surface area contributed by atoms with Crippen molar-refractivity contribution in [2.24, 2.45) is 5.10 Å². The van der Waals surface area contributed by atoms with Crippen molar-refractivity contribution in [1.29, 1.82) is 0 Å². The molecule has 126 valence electrons. The van der Waals surface area contributed by atoms with Crippen LogP contribution >= 0.6 is 15.9 Å². The molecule has 0 saturated carbocycles. The lowest BCUT2D eigenvalue weighted by molar-refractivity contribution is 0.0955. The van der Waals surface area contributed by atoms with Gasteiger partial charge < -0.3 is 4.57 Å². The van der Waals surface area contributed by atoms with Gasteiger partial charge in [-0.3, -0.25) is 4.79 Å². The van der Waals surface area contributed by atoms with Crippen LogP contribution in [0.15, 0.2) is 70.2 Å². The number of amides is 1. The molecule has 0 atom stereocenters. The summed E-state index contributed by atoms with van der Waals surface area (Å²) >= 11 is 3.51. The Labute approximate surface area is 155 Å². The zero-order valence-corrected chi connectivity index (χ0v) is 15.6. The summed E-state index contributed by atoms with van der Waals surface area (Å²) in [6.45, 7) is 4.09. The molecule has 1 N–H and O–H groups in total. The van der Waals surface area contributed by atoms with Crippen LogP contribution in [0.5, 0.6) is 0 Å². The first-order valence-electron chi connectivity index (χ1n) is 7.89. The number of hydrogen-bond donors (Lipinski definition) is 1. The molecule has 4 nitrogen and oxygen atoms in total. The molecule has 0 fully saturated rings. The molecule has 0 aliphatic carbocycles. The number of halogens is 1. The van der Waals surface area contributed by atoms with Crippen LogP contribution < -0.4 is 5.43 Å². The van der Waals surface area contributed by atoms with E-state index in [1.807, 2.05) is 44.2 Å². The Morgan fingerprint density at radius 2 is 1.84 bits per heavy atom. The van der Waals surface area contributed by atoms with E-state index in [9.17, 15) is 4.79 Å². The lowest BCUT2D eigenvalue weighted by Crippen LogP contribution is -2.17. The quantitative estimate of drug-likeness (QED) is 0.508. The van der Waals surface area contributed by atoms with Crippen molar-refractivity contribution < 1.29 is 4.79 Å². The molecular weight excluding hydrogens is 378 g/mol. The van der Waals surface area contributed by atoms with Crippen molar-refractivity contribution in [3.63, 3.8) is 0 Å². The van der Waals surface area contributed by atoms with Gasteiger partial charge in [0.2, 0.25) is 0 Å². The van der Waals surface area contributed by atoms with E-state index >= 15 is 0 Å². The Kier molecular flexibility index (Phi) is 5.14. The largest absolute Gasteiger partial charge is 0.318 e. The summed E-state index contributed by atoms with van der Waals surface area (Å²) in [5.74, 6) is -0.224. The molecular formula is C20H18BrN3O. The first-order valence-corrected chi connectivity index (χ1v) is 8.69. The lowest BCUT2D eigenvalue weighted by atomic mass is 10.2. The molecule has 1 amide bonds. The molecule has 3 rings (SSSR count). The molecule has 3 aromatic rings. The van der Waals surface area contributed by atoms with Gasteiger partial charge in [-0.15, -0.1) is 0 Å². The molecule has 0 spiro atoms. The van der Waals surface area contributed by atoms with E-state index in [-0.39, 0.29) is 5.91 Å². The summed E-state index contributed by atoms with van der Waals surface area (Å²) in [5, 5.41) is 4.10. The van der Waals surface area contributed by atoms with Gasteiger partial charge in [0.15, 0.2) is 0 Å². The summed E-state index contributed by atoms with van der Waals surface area (Å²) in [7, 11) is 0. The third kappa shape index (κ3) is 3.88. The van der Waals surface area contributed by atoms with Crippen LogP contribution in [0.4, 0.5) is 0 Å². The minimum atomic E-state index is -0.224. The number of nitrogens with zero attached hydrogens (tertiary/aromatic N) is 2. The molecule has 0 bridgehead atoms. The number of nitrogens with one attached hydrogen (secondary N) is 1. The summed E-state index contributed by atoms with van der Waals surface area (Å²) in [5.41, 5.74) is 7.36. The van der Waals surface area contributed by atoms with E-state index in [0.717, 1.165) is 27.1 Å². The zero-order valence-electron chi connectivity index (χ0n) is 14.0. The highest BCUT2D eigenvalue weighted by Gasteiger charge is 2.10. The van der Waals surface area contributed by atoms with Crippen LogP contribution in [0.1, 0.15) is 27.3 Å². The van der Waals surface area contributed by atoms with Crippen molar-refractivity contribution in [3.8, 4) is 5.69 Å². The van der Waals surface area contributed by atoms with Crippen LogP contribution in [-0.4, -0.2) is 16.7 Å². The molecule has 1 aromatic heterocycles. The van der Waals surface area contributed by atoms with Gasteiger partial charge in [-0.1, -0.05) is 40.2 Å². The molecule has 0 saturated heterocycles. The molecule has 0 radical (unpaired) electrons. The van der Waals surface area contributed by atoms with Crippen molar-refractivity contribution in [3.05, 3.63) is 87.7 Å². The van der Waals surface area contributed by atoms with E-state index in [1.54, 1.807) is 18.3 Å².